The van der Waals surface area contributed by atoms with E-state index in [2.05, 4.69) is 146 Å². The summed E-state index contributed by atoms with van der Waals surface area (Å²) < 4.78 is 0. The molecule has 2 nitrogen and oxygen atoms in total. The van der Waals surface area contributed by atoms with Gasteiger partial charge in [-0.2, -0.15) is 0 Å². The molecular formula is C40H36N2P2. The predicted octanol–water partition coefficient (Wildman–Crippen LogP) is 10.4. The molecule has 2 saturated heterocycles. The van der Waals surface area contributed by atoms with Crippen molar-refractivity contribution in [3.8, 4) is 0 Å². The van der Waals surface area contributed by atoms with Crippen LogP contribution < -0.4 is 10.9 Å². The second-order valence-corrected chi connectivity index (χ2v) is 17.0. The Balaban J connectivity index is 1.37. The lowest BCUT2D eigenvalue weighted by Crippen LogP contribution is -2.31. The fourth-order valence-electron chi connectivity index (χ4n) is 7.55. The van der Waals surface area contributed by atoms with Crippen LogP contribution in [0.4, 0.5) is 0 Å². The quantitative estimate of drug-likeness (QED) is 0.176. The number of nitrogens with zero attached hydrogens (tertiary/aromatic N) is 2. The molecule has 6 aromatic rings. The Labute approximate surface area is 263 Å². The molecule has 0 bridgehead atoms. The number of hydrogen-bond acceptors (Lipinski definition) is 2. The van der Waals surface area contributed by atoms with E-state index in [4.69, 9.17) is 9.97 Å². The van der Waals surface area contributed by atoms with Gasteiger partial charge in [-0.25, -0.2) is 9.97 Å². The number of para-hydroxylation sites is 2. The minimum atomic E-state index is -0.663. The van der Waals surface area contributed by atoms with Crippen LogP contribution >= 0.6 is 15.8 Å². The minimum Gasteiger partial charge on any atom is -0.244 e. The molecule has 2 unspecified atom stereocenters. The van der Waals surface area contributed by atoms with Gasteiger partial charge < -0.3 is 0 Å². The lowest BCUT2D eigenvalue weighted by atomic mass is 10.0. The Kier molecular flexibility index (Phi) is 7.81. The molecule has 0 N–H and O–H groups in total. The molecule has 0 spiro atoms. The van der Waals surface area contributed by atoms with Crippen LogP contribution in [-0.4, -0.2) is 9.97 Å². The van der Waals surface area contributed by atoms with Crippen LogP contribution in [0.25, 0.3) is 11.0 Å². The van der Waals surface area contributed by atoms with E-state index in [1.807, 2.05) is 0 Å². The van der Waals surface area contributed by atoms with E-state index in [0.717, 1.165) is 11.0 Å². The van der Waals surface area contributed by atoms with Gasteiger partial charge in [-0.1, -0.05) is 133 Å². The average Bonchev–Trinajstić information content (AvgIpc) is 3.75. The lowest BCUT2D eigenvalue weighted by molar-refractivity contribution is 0.765. The molecule has 4 heteroatoms. The molecule has 0 amide bonds. The fraction of sp³-hybridized carbons (Fsp3) is 0.200. The van der Waals surface area contributed by atoms with Gasteiger partial charge in [0.05, 0.1) is 21.9 Å². The van der Waals surface area contributed by atoms with Crippen LogP contribution in [-0.2, 0) is 0 Å². The van der Waals surface area contributed by atoms with Crippen molar-refractivity contribution >= 4 is 37.7 Å². The molecule has 0 saturated carbocycles. The second-order valence-electron chi connectivity index (χ2n) is 12.0. The molecule has 44 heavy (non-hydrogen) atoms. The molecule has 5 aromatic carbocycles. The number of hydrogen-bond donors (Lipinski definition) is 0. The molecule has 2 aliphatic heterocycles. The maximum absolute atomic E-state index is 5.69. The molecule has 3 heterocycles. The molecule has 0 radical (unpaired) electrons. The highest BCUT2D eigenvalue weighted by molar-refractivity contribution is 7.72. The van der Waals surface area contributed by atoms with Crippen LogP contribution in [0.1, 0.15) is 70.6 Å². The smallest absolute Gasteiger partial charge is 0.0909 e. The zero-order chi connectivity index (χ0) is 29.3. The summed E-state index contributed by atoms with van der Waals surface area (Å²) in [5.41, 5.74) is 12.4. The zero-order valence-electron chi connectivity index (χ0n) is 24.8. The van der Waals surface area contributed by atoms with Crippen molar-refractivity contribution in [1.29, 1.82) is 0 Å². The van der Waals surface area contributed by atoms with Gasteiger partial charge in [0.15, 0.2) is 0 Å². The van der Waals surface area contributed by atoms with Gasteiger partial charge >= 0.3 is 0 Å². The van der Waals surface area contributed by atoms with Gasteiger partial charge in [0.2, 0.25) is 0 Å². The standard InChI is InChI=1S/C40H36N2P2/c1-5-15-29(16-6-1)35-25-26-36(30-17-7-2-8-18-30)43(35)39-40(42-34-24-14-13-23-33(34)41-39)44-37(31-19-9-3-10-20-31)27-28-38(44)32-21-11-4-12-22-32/h1-24,35-38H,25-28H2/t35-,36-,37-,38?,44?/m0/s1. The summed E-state index contributed by atoms with van der Waals surface area (Å²) in [5, 5.41) is 0. The monoisotopic (exact) mass is 606 g/mol. The maximum Gasteiger partial charge on any atom is 0.0909 e. The summed E-state index contributed by atoms with van der Waals surface area (Å²) in [6.45, 7) is 0. The Hall–Kier alpha value is -3.70. The number of fused-ring (bicyclic) bond motifs is 1. The van der Waals surface area contributed by atoms with E-state index in [1.54, 1.807) is 0 Å². The highest BCUT2D eigenvalue weighted by Gasteiger charge is 2.46. The summed E-state index contributed by atoms with van der Waals surface area (Å²) in [5.74, 6) is 0. The van der Waals surface area contributed by atoms with Crippen LogP contribution in [0.5, 0.6) is 0 Å². The zero-order valence-corrected chi connectivity index (χ0v) is 26.6. The normalized spacial score (nSPS) is 23.7. The Bertz CT molecular complexity index is 1610. The molecule has 5 atom stereocenters. The summed E-state index contributed by atoms with van der Waals surface area (Å²) in [6, 6.07) is 53.6. The lowest BCUT2D eigenvalue weighted by Gasteiger charge is -2.32. The topological polar surface area (TPSA) is 25.8 Å². The van der Waals surface area contributed by atoms with Crippen molar-refractivity contribution in [2.75, 3.05) is 0 Å². The van der Waals surface area contributed by atoms with Gasteiger partial charge in [-0.3, -0.25) is 0 Å². The average molecular weight is 607 g/mol. The van der Waals surface area contributed by atoms with E-state index < -0.39 is 15.8 Å². The molecule has 0 aliphatic carbocycles. The third-order valence-corrected chi connectivity index (χ3v) is 16.2. The Morgan fingerprint density at radius 3 is 0.864 bits per heavy atom. The maximum atomic E-state index is 5.69. The number of rotatable bonds is 6. The van der Waals surface area contributed by atoms with E-state index in [1.165, 1.54) is 58.8 Å². The first-order valence-corrected chi connectivity index (χ1v) is 18.8. The van der Waals surface area contributed by atoms with E-state index >= 15 is 0 Å². The van der Waals surface area contributed by atoms with Crippen LogP contribution in [0.15, 0.2) is 146 Å². The van der Waals surface area contributed by atoms with Gasteiger partial charge in [-0.15, -0.1) is 0 Å². The van der Waals surface area contributed by atoms with E-state index in [-0.39, 0.29) is 0 Å². The van der Waals surface area contributed by atoms with E-state index in [9.17, 15) is 0 Å². The molecule has 2 aliphatic rings. The highest BCUT2D eigenvalue weighted by atomic mass is 31.1. The molecule has 216 valence electrons. The van der Waals surface area contributed by atoms with Crippen LogP contribution in [0.3, 0.4) is 0 Å². The second kappa shape index (κ2) is 12.4. The predicted molar refractivity (Wildman–Crippen MR) is 188 cm³/mol. The first kappa shape index (κ1) is 27.8. The van der Waals surface area contributed by atoms with Crippen LogP contribution in [0, 0.1) is 0 Å². The van der Waals surface area contributed by atoms with Crippen molar-refractivity contribution in [2.45, 2.75) is 48.3 Å². The number of aromatic nitrogens is 2. The first-order valence-electron chi connectivity index (χ1n) is 15.9. The third kappa shape index (κ3) is 5.19. The van der Waals surface area contributed by atoms with Crippen molar-refractivity contribution in [3.05, 3.63) is 168 Å². The largest absolute Gasteiger partial charge is 0.244 e. The Morgan fingerprint density at radius 2 is 0.591 bits per heavy atom. The summed E-state index contributed by atoms with van der Waals surface area (Å²) >= 11 is 0. The van der Waals surface area contributed by atoms with Crippen molar-refractivity contribution < 1.29 is 0 Å². The minimum absolute atomic E-state index is 0.466. The van der Waals surface area contributed by atoms with Gasteiger partial charge in [0.25, 0.3) is 0 Å². The number of benzene rings is 5. The van der Waals surface area contributed by atoms with Gasteiger partial charge in [0.1, 0.15) is 0 Å². The highest BCUT2D eigenvalue weighted by Crippen LogP contribution is 2.73. The van der Waals surface area contributed by atoms with E-state index in [0.29, 0.717) is 22.6 Å². The van der Waals surface area contributed by atoms with Crippen molar-refractivity contribution in [2.24, 2.45) is 0 Å². The SMILES string of the molecule is c1ccc(C2CC[C@@H](c3ccccc3)P2c2nc3ccccc3nc2P2[C@H](c3ccccc3)CC[C@H]2c2ccccc2)cc1. The summed E-state index contributed by atoms with van der Waals surface area (Å²) in [4.78, 5) is 11.4. The van der Waals surface area contributed by atoms with Gasteiger partial charge in [0, 0.05) is 22.6 Å². The van der Waals surface area contributed by atoms with Crippen LogP contribution in [0.2, 0.25) is 0 Å². The Morgan fingerprint density at radius 1 is 0.341 bits per heavy atom. The van der Waals surface area contributed by atoms with Gasteiger partial charge in [-0.05, 0) is 75.9 Å². The molecule has 2 fully saturated rings. The molecule has 1 aromatic heterocycles. The molecule has 8 rings (SSSR count). The van der Waals surface area contributed by atoms with Crippen molar-refractivity contribution in [3.63, 3.8) is 0 Å². The fourth-order valence-corrected chi connectivity index (χ4v) is 15.0. The third-order valence-electron chi connectivity index (χ3n) is 9.53. The van der Waals surface area contributed by atoms with Crippen molar-refractivity contribution in [1.82, 2.24) is 9.97 Å². The summed E-state index contributed by atoms with van der Waals surface area (Å²) in [7, 11) is -1.33. The first-order chi connectivity index (χ1) is 21.8. The summed E-state index contributed by atoms with van der Waals surface area (Å²) in [6.07, 6.45) is 4.74. The molecular weight excluding hydrogens is 570 g/mol.